The van der Waals surface area contributed by atoms with Crippen molar-refractivity contribution in [2.24, 2.45) is 11.7 Å². The van der Waals surface area contributed by atoms with Gasteiger partial charge in [-0.2, -0.15) is 0 Å². The van der Waals surface area contributed by atoms with E-state index in [0.29, 0.717) is 18.9 Å². The predicted octanol–water partition coefficient (Wildman–Crippen LogP) is 1.37. The Morgan fingerprint density at radius 2 is 2.21 bits per heavy atom. The van der Waals surface area contributed by atoms with Gasteiger partial charge in [0.2, 0.25) is 5.91 Å². The highest BCUT2D eigenvalue weighted by Gasteiger charge is 2.17. The van der Waals surface area contributed by atoms with Crippen LogP contribution in [0.3, 0.4) is 0 Å². The highest BCUT2D eigenvalue weighted by molar-refractivity contribution is 5.76. The molecule has 0 aromatic carbocycles. The van der Waals surface area contributed by atoms with Crippen LogP contribution in [0.15, 0.2) is 0 Å². The van der Waals surface area contributed by atoms with Gasteiger partial charge >= 0.3 is 0 Å². The van der Waals surface area contributed by atoms with Gasteiger partial charge in [0.15, 0.2) is 0 Å². The molecule has 0 radical (unpaired) electrons. The highest BCUT2D eigenvalue weighted by atomic mass is 16.2. The van der Waals surface area contributed by atoms with Crippen molar-refractivity contribution < 1.29 is 4.79 Å². The molecule has 3 nitrogen and oxygen atoms in total. The monoisotopic (exact) mass is 198 g/mol. The number of carbonyl (C=O) groups is 1. The summed E-state index contributed by atoms with van der Waals surface area (Å²) in [5.41, 5.74) is 5.39. The molecule has 1 atom stereocenters. The topological polar surface area (TPSA) is 46.3 Å². The molecule has 1 rings (SSSR count). The van der Waals surface area contributed by atoms with E-state index in [2.05, 4.69) is 6.92 Å². The van der Waals surface area contributed by atoms with E-state index in [1.54, 1.807) is 0 Å². The second-order valence-corrected chi connectivity index (χ2v) is 4.31. The number of rotatable bonds is 3. The Morgan fingerprint density at radius 3 is 2.93 bits per heavy atom. The van der Waals surface area contributed by atoms with Crippen molar-refractivity contribution in [2.75, 3.05) is 19.6 Å². The minimum absolute atomic E-state index is 0.296. The Kier molecular flexibility index (Phi) is 4.94. The van der Waals surface area contributed by atoms with Gasteiger partial charge in [0.25, 0.3) is 0 Å². The third-order valence-electron chi connectivity index (χ3n) is 2.96. The van der Waals surface area contributed by atoms with Crippen LogP contribution in [0.5, 0.6) is 0 Å². The first kappa shape index (κ1) is 11.5. The summed E-state index contributed by atoms with van der Waals surface area (Å²) in [6, 6.07) is 0. The fraction of sp³-hybridized carbons (Fsp3) is 0.909. The van der Waals surface area contributed by atoms with Crippen molar-refractivity contribution >= 4 is 5.91 Å². The van der Waals surface area contributed by atoms with Crippen LogP contribution in [0.1, 0.15) is 39.0 Å². The normalized spacial score (nSPS) is 23.3. The molecule has 3 heteroatoms. The zero-order valence-corrected chi connectivity index (χ0v) is 9.17. The number of amides is 1. The maximum Gasteiger partial charge on any atom is 0.222 e. The average molecular weight is 198 g/mol. The van der Waals surface area contributed by atoms with Gasteiger partial charge < -0.3 is 10.6 Å². The van der Waals surface area contributed by atoms with Gasteiger partial charge in [0.05, 0.1) is 0 Å². The van der Waals surface area contributed by atoms with Crippen molar-refractivity contribution in [3.05, 3.63) is 0 Å². The molecule has 1 aliphatic rings. The molecular formula is C11H22N2O. The molecule has 2 N–H and O–H groups in total. The lowest BCUT2D eigenvalue weighted by molar-refractivity contribution is -0.131. The fourth-order valence-electron chi connectivity index (χ4n) is 1.92. The van der Waals surface area contributed by atoms with Crippen LogP contribution in [0, 0.1) is 5.92 Å². The molecule has 14 heavy (non-hydrogen) atoms. The Labute approximate surface area is 86.6 Å². The number of hydrogen-bond acceptors (Lipinski definition) is 2. The van der Waals surface area contributed by atoms with E-state index in [0.717, 1.165) is 38.3 Å². The number of nitrogens with zero attached hydrogens (tertiary/aromatic N) is 1. The highest BCUT2D eigenvalue weighted by Crippen LogP contribution is 2.17. The summed E-state index contributed by atoms with van der Waals surface area (Å²) in [7, 11) is 0. The second kappa shape index (κ2) is 6.02. The quantitative estimate of drug-likeness (QED) is 0.744. The van der Waals surface area contributed by atoms with Crippen molar-refractivity contribution in [1.82, 2.24) is 4.90 Å². The van der Waals surface area contributed by atoms with Crippen molar-refractivity contribution in [3.8, 4) is 0 Å². The van der Waals surface area contributed by atoms with Gasteiger partial charge in [0, 0.05) is 19.5 Å². The van der Waals surface area contributed by atoms with Gasteiger partial charge in [-0.05, 0) is 38.1 Å². The van der Waals surface area contributed by atoms with Gasteiger partial charge in [-0.25, -0.2) is 0 Å². The van der Waals surface area contributed by atoms with E-state index in [-0.39, 0.29) is 0 Å². The SMILES string of the molecule is CC1CCCN(C(=O)CCCN)CC1. The van der Waals surface area contributed by atoms with E-state index in [4.69, 9.17) is 5.73 Å². The summed E-state index contributed by atoms with van der Waals surface area (Å²) in [4.78, 5) is 13.7. The van der Waals surface area contributed by atoms with Crippen molar-refractivity contribution in [1.29, 1.82) is 0 Å². The van der Waals surface area contributed by atoms with E-state index in [9.17, 15) is 4.79 Å². The summed E-state index contributed by atoms with van der Waals surface area (Å²) in [6.45, 7) is 4.79. The smallest absolute Gasteiger partial charge is 0.222 e. The van der Waals surface area contributed by atoms with Crippen LogP contribution in [-0.4, -0.2) is 30.4 Å². The van der Waals surface area contributed by atoms with Crippen LogP contribution in [-0.2, 0) is 4.79 Å². The lowest BCUT2D eigenvalue weighted by Gasteiger charge is -2.20. The molecule has 1 aliphatic heterocycles. The maximum absolute atomic E-state index is 11.7. The van der Waals surface area contributed by atoms with Crippen molar-refractivity contribution in [2.45, 2.75) is 39.0 Å². The molecular weight excluding hydrogens is 176 g/mol. The summed E-state index contributed by atoms with van der Waals surface area (Å²) in [6.07, 6.45) is 5.04. The van der Waals surface area contributed by atoms with Crippen LogP contribution in [0.25, 0.3) is 0 Å². The van der Waals surface area contributed by atoms with E-state index >= 15 is 0 Å². The Morgan fingerprint density at radius 1 is 1.43 bits per heavy atom. The minimum atomic E-state index is 0.296. The fourth-order valence-corrected chi connectivity index (χ4v) is 1.92. The molecule has 0 saturated carbocycles. The summed E-state index contributed by atoms with van der Waals surface area (Å²) in [5, 5.41) is 0. The number of carbonyl (C=O) groups excluding carboxylic acids is 1. The van der Waals surface area contributed by atoms with Gasteiger partial charge in [-0.1, -0.05) is 6.92 Å². The molecule has 1 amide bonds. The van der Waals surface area contributed by atoms with E-state index in [1.165, 1.54) is 6.42 Å². The minimum Gasteiger partial charge on any atom is -0.343 e. The third-order valence-corrected chi connectivity index (χ3v) is 2.96. The summed E-state index contributed by atoms with van der Waals surface area (Å²) in [5.74, 6) is 1.08. The predicted molar refractivity (Wildman–Crippen MR) is 57.9 cm³/mol. The van der Waals surface area contributed by atoms with E-state index < -0.39 is 0 Å². The number of likely N-dealkylation sites (tertiary alicyclic amines) is 1. The van der Waals surface area contributed by atoms with Crippen LogP contribution < -0.4 is 5.73 Å². The number of hydrogen-bond donors (Lipinski definition) is 1. The van der Waals surface area contributed by atoms with E-state index in [1.807, 2.05) is 4.90 Å². The maximum atomic E-state index is 11.7. The molecule has 0 aliphatic carbocycles. The van der Waals surface area contributed by atoms with Crippen LogP contribution in [0.2, 0.25) is 0 Å². The lowest BCUT2D eigenvalue weighted by Crippen LogP contribution is -2.32. The van der Waals surface area contributed by atoms with Gasteiger partial charge in [0.1, 0.15) is 0 Å². The van der Waals surface area contributed by atoms with Crippen LogP contribution >= 0.6 is 0 Å². The Balaban J connectivity index is 2.31. The molecule has 0 aromatic heterocycles. The molecule has 1 unspecified atom stereocenters. The Hall–Kier alpha value is -0.570. The first-order valence-corrected chi connectivity index (χ1v) is 5.72. The van der Waals surface area contributed by atoms with Gasteiger partial charge in [-0.3, -0.25) is 4.79 Å². The van der Waals surface area contributed by atoms with Crippen LogP contribution in [0.4, 0.5) is 0 Å². The second-order valence-electron chi connectivity index (χ2n) is 4.31. The van der Waals surface area contributed by atoms with Crippen molar-refractivity contribution in [3.63, 3.8) is 0 Å². The standard InChI is InChI=1S/C11H22N2O/c1-10-4-3-8-13(9-6-10)11(14)5-2-7-12/h10H,2-9,12H2,1H3. The van der Waals surface area contributed by atoms with Gasteiger partial charge in [-0.15, -0.1) is 0 Å². The molecule has 0 spiro atoms. The molecule has 0 aromatic rings. The molecule has 0 bridgehead atoms. The lowest BCUT2D eigenvalue weighted by atomic mass is 10.0. The molecule has 1 heterocycles. The summed E-state index contributed by atoms with van der Waals surface area (Å²) >= 11 is 0. The zero-order chi connectivity index (χ0) is 10.4. The molecule has 1 fully saturated rings. The number of nitrogens with two attached hydrogens (primary N) is 1. The summed E-state index contributed by atoms with van der Waals surface area (Å²) < 4.78 is 0. The first-order chi connectivity index (χ1) is 6.74. The third kappa shape index (κ3) is 3.66. The average Bonchev–Trinajstić information content (AvgIpc) is 2.39. The Bertz CT molecular complexity index is 182. The first-order valence-electron chi connectivity index (χ1n) is 5.72. The molecule has 82 valence electrons. The zero-order valence-electron chi connectivity index (χ0n) is 9.17. The molecule has 1 saturated heterocycles. The largest absolute Gasteiger partial charge is 0.343 e.